The number of amides is 2. The third-order valence-corrected chi connectivity index (χ3v) is 6.39. The van der Waals surface area contributed by atoms with Crippen molar-refractivity contribution in [3.8, 4) is 16.5 Å². The van der Waals surface area contributed by atoms with Gasteiger partial charge < -0.3 is 19.5 Å². The number of thiophene rings is 1. The fourth-order valence-corrected chi connectivity index (χ4v) is 4.28. The Kier molecular flexibility index (Phi) is 7.71. The van der Waals surface area contributed by atoms with E-state index in [1.54, 1.807) is 36.3 Å². The fraction of sp³-hybridized carbons (Fsp3) is 0.333. The van der Waals surface area contributed by atoms with Gasteiger partial charge in [0.15, 0.2) is 0 Å². The van der Waals surface area contributed by atoms with Gasteiger partial charge in [-0.15, -0.1) is 11.3 Å². The summed E-state index contributed by atoms with van der Waals surface area (Å²) < 4.78 is 10.5. The smallest absolute Gasteiger partial charge is 0.244 e. The largest absolute Gasteiger partial charge is 0.497 e. The Morgan fingerprint density at radius 2 is 1.97 bits per heavy atom. The SMILES string of the molecule is COc1ccc(/C=C/C(=O)NC(C)C(=O)N2CCN(Cc3nc(-c4cccs4)no3)CC2)cc1. The van der Waals surface area contributed by atoms with E-state index >= 15 is 0 Å². The lowest BCUT2D eigenvalue weighted by Gasteiger charge is -2.35. The van der Waals surface area contributed by atoms with Crippen molar-refractivity contribution < 1.29 is 18.8 Å². The summed E-state index contributed by atoms with van der Waals surface area (Å²) in [4.78, 5) is 34.4. The van der Waals surface area contributed by atoms with Crippen molar-refractivity contribution in [2.75, 3.05) is 33.3 Å². The zero-order valence-corrected chi connectivity index (χ0v) is 20.0. The highest BCUT2D eigenvalue weighted by molar-refractivity contribution is 7.13. The van der Waals surface area contributed by atoms with Crippen molar-refractivity contribution in [2.45, 2.75) is 19.5 Å². The quantitative estimate of drug-likeness (QED) is 0.494. The Bertz CT molecular complexity index is 1120. The van der Waals surface area contributed by atoms with E-state index in [1.165, 1.54) is 6.08 Å². The van der Waals surface area contributed by atoms with Crippen molar-refractivity contribution >= 4 is 29.2 Å². The molecule has 1 unspecified atom stereocenters. The molecule has 1 N–H and O–H groups in total. The van der Waals surface area contributed by atoms with Gasteiger partial charge in [0.1, 0.15) is 11.8 Å². The molecule has 0 bridgehead atoms. The van der Waals surface area contributed by atoms with Crippen LogP contribution in [0.25, 0.3) is 16.8 Å². The first-order chi connectivity index (χ1) is 16.5. The predicted octanol–water partition coefficient (Wildman–Crippen LogP) is 2.67. The van der Waals surface area contributed by atoms with Crippen LogP contribution in [0.15, 0.2) is 52.4 Å². The van der Waals surface area contributed by atoms with Crippen molar-refractivity contribution in [3.05, 3.63) is 59.3 Å². The monoisotopic (exact) mass is 481 g/mol. The van der Waals surface area contributed by atoms with Gasteiger partial charge in [-0.05, 0) is 42.1 Å². The van der Waals surface area contributed by atoms with Gasteiger partial charge in [-0.2, -0.15) is 4.98 Å². The average Bonchev–Trinajstić information content (AvgIpc) is 3.55. The first-order valence-electron chi connectivity index (χ1n) is 11.0. The molecule has 10 heteroatoms. The number of carbonyl (C=O) groups is 2. The summed E-state index contributed by atoms with van der Waals surface area (Å²) >= 11 is 1.57. The number of ether oxygens (including phenoxy) is 1. The number of rotatable bonds is 8. The molecule has 3 aromatic rings. The molecular formula is C24H27N5O4S. The fourth-order valence-electron chi connectivity index (χ4n) is 3.63. The molecule has 0 saturated carbocycles. The van der Waals surface area contributed by atoms with Crippen LogP contribution in [0.3, 0.4) is 0 Å². The molecule has 1 saturated heterocycles. The predicted molar refractivity (Wildman–Crippen MR) is 129 cm³/mol. The van der Waals surface area contributed by atoms with Crippen LogP contribution >= 0.6 is 11.3 Å². The van der Waals surface area contributed by atoms with Crippen molar-refractivity contribution in [3.63, 3.8) is 0 Å². The van der Waals surface area contributed by atoms with Crippen LogP contribution < -0.4 is 10.1 Å². The van der Waals surface area contributed by atoms with Crippen LogP contribution in [0.4, 0.5) is 0 Å². The van der Waals surface area contributed by atoms with Gasteiger partial charge >= 0.3 is 0 Å². The standard InChI is InChI=1S/C24H27N5O4S/c1-17(25-21(30)10-7-18-5-8-19(32-2)9-6-18)24(31)29-13-11-28(12-14-29)16-22-26-23(27-33-22)20-4-3-15-34-20/h3-10,15,17H,11-14,16H2,1-2H3,(H,25,30)/b10-7+. The first kappa shape index (κ1) is 23.7. The van der Waals surface area contributed by atoms with Gasteiger partial charge in [0, 0.05) is 32.3 Å². The van der Waals surface area contributed by atoms with E-state index in [9.17, 15) is 9.59 Å². The average molecular weight is 482 g/mol. The van der Waals surface area contributed by atoms with Crippen LogP contribution in [-0.2, 0) is 16.1 Å². The molecule has 0 radical (unpaired) electrons. The molecule has 178 valence electrons. The Hall–Kier alpha value is -3.50. The van der Waals surface area contributed by atoms with Crippen molar-refractivity contribution in [1.29, 1.82) is 0 Å². The molecule has 1 aliphatic rings. The van der Waals surface area contributed by atoms with Gasteiger partial charge in [0.05, 0.1) is 18.5 Å². The summed E-state index contributed by atoms with van der Waals surface area (Å²) in [5.41, 5.74) is 0.870. The number of aromatic nitrogens is 2. The molecule has 0 aliphatic carbocycles. The normalized spacial score (nSPS) is 15.4. The molecule has 1 fully saturated rings. The first-order valence-corrected chi connectivity index (χ1v) is 11.9. The van der Waals surface area contributed by atoms with Crippen molar-refractivity contribution in [1.82, 2.24) is 25.3 Å². The molecule has 1 atom stereocenters. The summed E-state index contributed by atoms with van der Waals surface area (Å²) in [6, 6.07) is 10.7. The number of piperazine rings is 1. The summed E-state index contributed by atoms with van der Waals surface area (Å²) in [6.07, 6.45) is 3.13. The molecule has 3 heterocycles. The summed E-state index contributed by atoms with van der Waals surface area (Å²) in [6.45, 7) is 4.79. The van der Waals surface area contributed by atoms with Gasteiger partial charge in [-0.25, -0.2) is 0 Å². The zero-order chi connectivity index (χ0) is 23.9. The lowest BCUT2D eigenvalue weighted by Crippen LogP contribution is -2.53. The second-order valence-corrected chi connectivity index (χ2v) is 8.87. The van der Waals surface area contributed by atoms with E-state index in [0.717, 1.165) is 16.2 Å². The molecule has 34 heavy (non-hydrogen) atoms. The second-order valence-electron chi connectivity index (χ2n) is 7.93. The molecule has 0 spiro atoms. The number of methoxy groups -OCH3 is 1. The van der Waals surface area contributed by atoms with E-state index in [0.29, 0.717) is 44.4 Å². The summed E-state index contributed by atoms with van der Waals surface area (Å²) in [7, 11) is 1.60. The van der Waals surface area contributed by atoms with E-state index in [2.05, 4.69) is 20.4 Å². The highest BCUT2D eigenvalue weighted by atomic mass is 32.1. The highest BCUT2D eigenvalue weighted by Crippen LogP contribution is 2.21. The maximum atomic E-state index is 12.8. The minimum atomic E-state index is -0.608. The highest BCUT2D eigenvalue weighted by Gasteiger charge is 2.26. The third kappa shape index (κ3) is 6.09. The number of hydrogen-bond acceptors (Lipinski definition) is 8. The molecule has 1 aliphatic heterocycles. The van der Waals surface area contributed by atoms with Crippen LogP contribution in [0.1, 0.15) is 18.4 Å². The Morgan fingerprint density at radius 3 is 2.65 bits per heavy atom. The molecule has 2 amide bonds. The lowest BCUT2D eigenvalue weighted by atomic mass is 10.2. The number of nitrogens with one attached hydrogen (secondary N) is 1. The number of benzene rings is 1. The summed E-state index contributed by atoms with van der Waals surface area (Å²) in [5, 5.41) is 8.77. The van der Waals surface area contributed by atoms with E-state index in [-0.39, 0.29) is 11.8 Å². The number of hydrogen-bond donors (Lipinski definition) is 1. The Labute approximate surface area is 202 Å². The molecular weight excluding hydrogens is 454 g/mol. The van der Waals surface area contributed by atoms with Crippen molar-refractivity contribution in [2.24, 2.45) is 0 Å². The number of carbonyl (C=O) groups excluding carboxylic acids is 2. The minimum Gasteiger partial charge on any atom is -0.497 e. The maximum absolute atomic E-state index is 12.8. The Morgan fingerprint density at radius 1 is 1.21 bits per heavy atom. The molecule has 4 rings (SSSR count). The van der Waals surface area contributed by atoms with E-state index < -0.39 is 6.04 Å². The molecule has 9 nitrogen and oxygen atoms in total. The van der Waals surface area contributed by atoms with Gasteiger partial charge in [0.2, 0.25) is 23.5 Å². The third-order valence-electron chi connectivity index (χ3n) is 5.52. The van der Waals surface area contributed by atoms with Gasteiger partial charge in [-0.3, -0.25) is 14.5 Å². The summed E-state index contributed by atoms with van der Waals surface area (Å²) in [5.74, 6) is 1.51. The topological polar surface area (TPSA) is 101 Å². The zero-order valence-electron chi connectivity index (χ0n) is 19.1. The van der Waals surface area contributed by atoms with E-state index in [4.69, 9.17) is 9.26 Å². The minimum absolute atomic E-state index is 0.0939. The van der Waals surface area contributed by atoms with Crippen LogP contribution in [0.5, 0.6) is 5.75 Å². The number of nitrogens with zero attached hydrogens (tertiary/aromatic N) is 4. The Balaban J connectivity index is 1.21. The van der Waals surface area contributed by atoms with Crippen LogP contribution in [0, 0.1) is 0 Å². The van der Waals surface area contributed by atoms with Gasteiger partial charge in [0.25, 0.3) is 0 Å². The molecule has 1 aromatic carbocycles. The molecule has 2 aromatic heterocycles. The van der Waals surface area contributed by atoms with E-state index in [1.807, 2.05) is 41.8 Å². The van der Waals surface area contributed by atoms with Crippen LogP contribution in [0.2, 0.25) is 0 Å². The maximum Gasteiger partial charge on any atom is 0.244 e. The lowest BCUT2D eigenvalue weighted by molar-refractivity contribution is -0.136. The van der Waals surface area contributed by atoms with Crippen LogP contribution in [-0.4, -0.2) is 71.1 Å². The van der Waals surface area contributed by atoms with Gasteiger partial charge in [-0.1, -0.05) is 23.4 Å². The second kappa shape index (κ2) is 11.1.